The molecule has 0 bridgehead atoms. The lowest BCUT2D eigenvalue weighted by atomic mass is 10.1. The van der Waals surface area contributed by atoms with Gasteiger partial charge in [0.05, 0.1) is 32.4 Å². The summed E-state index contributed by atoms with van der Waals surface area (Å²) in [5.41, 5.74) is 1.50. The third-order valence-electron chi connectivity index (χ3n) is 4.85. The van der Waals surface area contributed by atoms with E-state index in [1.54, 1.807) is 39.4 Å². The number of nitrogens with zero attached hydrogens (tertiary/aromatic N) is 5. The van der Waals surface area contributed by atoms with Crippen LogP contribution in [0.4, 0.5) is 4.39 Å². The minimum absolute atomic E-state index is 0.0349. The number of aromatic nitrogens is 3. The van der Waals surface area contributed by atoms with E-state index in [2.05, 4.69) is 10.3 Å². The van der Waals surface area contributed by atoms with Gasteiger partial charge in [-0.2, -0.15) is 0 Å². The Labute approximate surface area is 162 Å². The number of carbonyl (C=O) groups excluding carboxylic acids is 2. The number of aryl methyl sites for hydroxylation is 1. The van der Waals surface area contributed by atoms with E-state index in [0.29, 0.717) is 11.3 Å². The standard InChI is InChI=1S/C19H24FN5O3/c1-12-7-15(28-4)5-6-16(12)18(26)25-9-13(20)8-14(25)10-24-11-17(21-22-24)19(27)23(2)3/h5-7,11,13-14H,8-10H2,1-4H3. The highest BCUT2D eigenvalue weighted by molar-refractivity contribution is 5.96. The molecule has 1 aromatic carbocycles. The van der Waals surface area contributed by atoms with Gasteiger partial charge in [-0.25, -0.2) is 9.07 Å². The number of rotatable bonds is 5. The number of ether oxygens (including phenoxy) is 1. The smallest absolute Gasteiger partial charge is 0.275 e. The lowest BCUT2D eigenvalue weighted by Gasteiger charge is -2.25. The monoisotopic (exact) mass is 389 g/mol. The number of amides is 2. The van der Waals surface area contributed by atoms with Crippen molar-refractivity contribution < 1.29 is 18.7 Å². The summed E-state index contributed by atoms with van der Waals surface area (Å²) >= 11 is 0. The molecular formula is C19H24FN5O3. The predicted octanol–water partition coefficient (Wildman–Crippen LogP) is 1.55. The maximum atomic E-state index is 14.1. The zero-order valence-corrected chi connectivity index (χ0v) is 16.4. The van der Waals surface area contributed by atoms with Gasteiger partial charge >= 0.3 is 0 Å². The molecule has 0 saturated carbocycles. The van der Waals surface area contributed by atoms with E-state index in [4.69, 9.17) is 4.74 Å². The van der Waals surface area contributed by atoms with Crippen molar-refractivity contribution in [2.45, 2.75) is 32.1 Å². The molecule has 1 aliphatic rings. The molecule has 28 heavy (non-hydrogen) atoms. The molecule has 3 rings (SSSR count). The van der Waals surface area contributed by atoms with Crippen LogP contribution in [-0.2, 0) is 6.54 Å². The maximum Gasteiger partial charge on any atom is 0.275 e. The summed E-state index contributed by atoms with van der Waals surface area (Å²) in [5, 5.41) is 7.83. The molecule has 2 amide bonds. The molecule has 0 spiro atoms. The Bertz CT molecular complexity index is 882. The van der Waals surface area contributed by atoms with E-state index in [1.165, 1.54) is 20.7 Å². The van der Waals surface area contributed by atoms with E-state index in [1.807, 2.05) is 6.92 Å². The maximum absolute atomic E-state index is 14.1. The number of carbonyl (C=O) groups is 2. The summed E-state index contributed by atoms with van der Waals surface area (Å²) in [6.07, 6.45) is 0.645. The van der Waals surface area contributed by atoms with E-state index >= 15 is 0 Å². The number of likely N-dealkylation sites (tertiary alicyclic amines) is 1. The van der Waals surface area contributed by atoms with Gasteiger partial charge in [-0.3, -0.25) is 9.59 Å². The van der Waals surface area contributed by atoms with Gasteiger partial charge in [-0.05, 0) is 30.7 Å². The van der Waals surface area contributed by atoms with Crippen molar-refractivity contribution in [2.75, 3.05) is 27.7 Å². The van der Waals surface area contributed by atoms with Gasteiger partial charge in [-0.1, -0.05) is 5.21 Å². The minimum atomic E-state index is -1.10. The van der Waals surface area contributed by atoms with Crippen LogP contribution in [0.2, 0.25) is 0 Å². The van der Waals surface area contributed by atoms with E-state index < -0.39 is 6.17 Å². The molecule has 2 atom stereocenters. The van der Waals surface area contributed by atoms with Crippen LogP contribution in [0.25, 0.3) is 0 Å². The molecule has 0 aliphatic carbocycles. The van der Waals surface area contributed by atoms with Crippen molar-refractivity contribution >= 4 is 11.8 Å². The highest BCUT2D eigenvalue weighted by Crippen LogP contribution is 2.26. The lowest BCUT2D eigenvalue weighted by Crippen LogP contribution is -2.38. The first-order valence-corrected chi connectivity index (χ1v) is 9.01. The molecule has 1 aromatic heterocycles. The van der Waals surface area contributed by atoms with Crippen molar-refractivity contribution in [3.8, 4) is 5.75 Å². The average molecular weight is 389 g/mol. The van der Waals surface area contributed by atoms with Crippen LogP contribution in [0.5, 0.6) is 5.75 Å². The fourth-order valence-electron chi connectivity index (χ4n) is 3.37. The second kappa shape index (κ2) is 7.95. The van der Waals surface area contributed by atoms with E-state index in [9.17, 15) is 14.0 Å². The van der Waals surface area contributed by atoms with Crippen LogP contribution in [0.15, 0.2) is 24.4 Å². The number of hydrogen-bond donors (Lipinski definition) is 0. The number of methoxy groups -OCH3 is 1. The topological polar surface area (TPSA) is 80.6 Å². The minimum Gasteiger partial charge on any atom is -0.497 e. The normalized spacial score (nSPS) is 19.0. The highest BCUT2D eigenvalue weighted by atomic mass is 19.1. The number of benzene rings is 1. The summed E-state index contributed by atoms with van der Waals surface area (Å²) in [4.78, 5) is 27.9. The zero-order valence-electron chi connectivity index (χ0n) is 16.4. The molecule has 1 aliphatic heterocycles. The Kier molecular flexibility index (Phi) is 5.62. The van der Waals surface area contributed by atoms with Crippen LogP contribution in [0.3, 0.4) is 0 Å². The average Bonchev–Trinajstić information content (AvgIpc) is 3.27. The summed E-state index contributed by atoms with van der Waals surface area (Å²) in [6.45, 7) is 2.13. The van der Waals surface area contributed by atoms with Crippen molar-refractivity contribution in [3.05, 3.63) is 41.2 Å². The number of hydrogen-bond acceptors (Lipinski definition) is 5. The quantitative estimate of drug-likeness (QED) is 0.775. The molecule has 0 N–H and O–H groups in total. The van der Waals surface area contributed by atoms with Crippen LogP contribution in [0, 0.1) is 6.92 Å². The molecule has 0 radical (unpaired) electrons. The Morgan fingerprint density at radius 2 is 2.11 bits per heavy atom. The molecule has 8 nitrogen and oxygen atoms in total. The summed E-state index contributed by atoms with van der Waals surface area (Å²) in [5.74, 6) is 0.175. The van der Waals surface area contributed by atoms with Crippen molar-refractivity contribution in [3.63, 3.8) is 0 Å². The first-order valence-electron chi connectivity index (χ1n) is 9.01. The van der Waals surface area contributed by atoms with Gasteiger partial charge in [0, 0.05) is 26.1 Å². The van der Waals surface area contributed by atoms with Gasteiger partial charge in [0.15, 0.2) is 5.69 Å². The lowest BCUT2D eigenvalue weighted by molar-refractivity contribution is 0.0713. The Hall–Kier alpha value is -2.97. The predicted molar refractivity (Wildman–Crippen MR) is 100 cm³/mol. The van der Waals surface area contributed by atoms with Crippen molar-refractivity contribution in [1.82, 2.24) is 24.8 Å². The SMILES string of the molecule is COc1ccc(C(=O)N2CC(F)CC2Cn2cc(C(=O)N(C)C)nn2)c(C)c1. The fourth-order valence-corrected chi connectivity index (χ4v) is 3.37. The van der Waals surface area contributed by atoms with Crippen LogP contribution in [0.1, 0.15) is 32.8 Å². The van der Waals surface area contributed by atoms with Gasteiger partial charge in [0.25, 0.3) is 11.8 Å². The second-order valence-corrected chi connectivity index (χ2v) is 7.15. The first-order chi connectivity index (χ1) is 13.3. The van der Waals surface area contributed by atoms with Crippen molar-refractivity contribution in [1.29, 1.82) is 0 Å². The van der Waals surface area contributed by atoms with Gasteiger partial charge in [0.1, 0.15) is 11.9 Å². The van der Waals surface area contributed by atoms with Gasteiger partial charge in [0.2, 0.25) is 0 Å². The molecule has 1 saturated heterocycles. The zero-order chi connectivity index (χ0) is 20.4. The Morgan fingerprint density at radius 3 is 2.75 bits per heavy atom. The molecule has 150 valence electrons. The fraction of sp³-hybridized carbons (Fsp3) is 0.474. The highest BCUT2D eigenvalue weighted by Gasteiger charge is 2.36. The number of halogens is 1. The van der Waals surface area contributed by atoms with E-state index in [-0.39, 0.29) is 43.1 Å². The molecular weight excluding hydrogens is 365 g/mol. The Morgan fingerprint density at radius 1 is 1.36 bits per heavy atom. The van der Waals surface area contributed by atoms with E-state index in [0.717, 1.165) is 5.56 Å². The Balaban J connectivity index is 1.78. The van der Waals surface area contributed by atoms with Gasteiger partial charge in [-0.15, -0.1) is 5.10 Å². The van der Waals surface area contributed by atoms with Crippen LogP contribution < -0.4 is 4.74 Å². The molecule has 2 unspecified atom stereocenters. The molecule has 9 heteroatoms. The first kappa shape index (κ1) is 19.8. The molecule has 2 aromatic rings. The second-order valence-electron chi connectivity index (χ2n) is 7.15. The summed E-state index contributed by atoms with van der Waals surface area (Å²) in [6, 6.07) is 4.83. The summed E-state index contributed by atoms with van der Waals surface area (Å²) < 4.78 is 20.8. The largest absolute Gasteiger partial charge is 0.497 e. The van der Waals surface area contributed by atoms with Crippen LogP contribution in [-0.4, -0.2) is 76.6 Å². The third-order valence-corrected chi connectivity index (χ3v) is 4.85. The number of alkyl halides is 1. The molecule has 1 fully saturated rings. The van der Waals surface area contributed by atoms with Crippen molar-refractivity contribution in [2.24, 2.45) is 0 Å². The third kappa shape index (κ3) is 3.97. The van der Waals surface area contributed by atoms with Gasteiger partial charge < -0.3 is 14.5 Å². The molecule has 2 heterocycles. The summed E-state index contributed by atoms with van der Waals surface area (Å²) in [7, 11) is 4.82. The van der Waals surface area contributed by atoms with Crippen LogP contribution >= 0.6 is 0 Å².